The molecule has 0 aliphatic heterocycles. The van der Waals surface area contributed by atoms with Crippen LogP contribution in [0.4, 0.5) is 5.69 Å². The van der Waals surface area contributed by atoms with E-state index in [0.717, 1.165) is 22.6 Å². The minimum Gasteiger partial charge on any atom is -0.497 e. The summed E-state index contributed by atoms with van der Waals surface area (Å²) in [4.78, 5) is 17.1. The second kappa shape index (κ2) is 9.52. The summed E-state index contributed by atoms with van der Waals surface area (Å²) in [5.74, 6) is 0.717. The molecule has 0 aliphatic rings. The molecule has 0 saturated carbocycles. The van der Waals surface area contributed by atoms with Gasteiger partial charge < -0.3 is 10.1 Å². The Balaban J connectivity index is 1.67. The molecule has 150 valence electrons. The van der Waals surface area contributed by atoms with Gasteiger partial charge in [-0.25, -0.2) is 4.98 Å². The van der Waals surface area contributed by atoms with E-state index in [1.54, 1.807) is 13.3 Å². The van der Waals surface area contributed by atoms with Crippen molar-refractivity contribution in [3.8, 4) is 17.0 Å². The molecule has 6 nitrogen and oxygen atoms in total. The number of methoxy groups -OCH3 is 1. The second-order valence-electron chi connectivity index (χ2n) is 6.68. The molecular weight excluding hydrogens is 384 g/mol. The summed E-state index contributed by atoms with van der Waals surface area (Å²) in [6, 6.07) is 13.5. The third-order valence-electron chi connectivity index (χ3n) is 4.48. The predicted molar refractivity (Wildman–Crippen MR) is 116 cm³/mol. The standard InChI is InChI=1S/C22H24N4O2S/c1-5-20(21(27)24-18-11-6-14(2)12-15(18)3)29-22-23-13-19(25-26-22)16-7-9-17(28-4)10-8-16/h6-13,20H,5H2,1-4H3,(H,24,27). The van der Waals surface area contributed by atoms with Gasteiger partial charge in [-0.1, -0.05) is 36.4 Å². The monoisotopic (exact) mass is 408 g/mol. The first-order chi connectivity index (χ1) is 14.0. The van der Waals surface area contributed by atoms with E-state index < -0.39 is 0 Å². The van der Waals surface area contributed by atoms with Gasteiger partial charge in [-0.2, -0.15) is 0 Å². The summed E-state index contributed by atoms with van der Waals surface area (Å²) in [5.41, 5.74) is 4.61. The molecule has 1 N–H and O–H groups in total. The van der Waals surface area contributed by atoms with Crippen molar-refractivity contribution < 1.29 is 9.53 Å². The van der Waals surface area contributed by atoms with Crippen molar-refractivity contribution in [3.05, 3.63) is 59.8 Å². The zero-order valence-corrected chi connectivity index (χ0v) is 17.8. The van der Waals surface area contributed by atoms with E-state index in [1.807, 2.05) is 57.2 Å². The van der Waals surface area contributed by atoms with Gasteiger partial charge in [0.05, 0.1) is 18.6 Å². The van der Waals surface area contributed by atoms with Crippen molar-refractivity contribution in [2.45, 2.75) is 37.6 Å². The van der Waals surface area contributed by atoms with E-state index in [4.69, 9.17) is 4.74 Å². The van der Waals surface area contributed by atoms with Crippen molar-refractivity contribution in [2.24, 2.45) is 0 Å². The number of amides is 1. The lowest BCUT2D eigenvalue weighted by Crippen LogP contribution is -2.25. The summed E-state index contributed by atoms with van der Waals surface area (Å²) in [5, 5.41) is 11.6. The van der Waals surface area contributed by atoms with Crippen LogP contribution in [0.1, 0.15) is 24.5 Å². The quantitative estimate of drug-likeness (QED) is 0.572. The van der Waals surface area contributed by atoms with Crippen LogP contribution in [-0.4, -0.2) is 33.4 Å². The number of aromatic nitrogens is 3. The molecule has 3 rings (SSSR count). The molecule has 0 aliphatic carbocycles. The van der Waals surface area contributed by atoms with Gasteiger partial charge in [0.1, 0.15) is 11.4 Å². The molecule has 0 fully saturated rings. The van der Waals surface area contributed by atoms with E-state index in [1.165, 1.54) is 17.3 Å². The molecule has 3 aromatic rings. The third-order valence-corrected chi connectivity index (χ3v) is 5.71. The first kappa shape index (κ1) is 20.8. The van der Waals surface area contributed by atoms with Gasteiger partial charge in [-0.15, -0.1) is 10.2 Å². The number of thioether (sulfide) groups is 1. The van der Waals surface area contributed by atoms with Gasteiger partial charge in [-0.3, -0.25) is 4.79 Å². The van der Waals surface area contributed by atoms with E-state index in [0.29, 0.717) is 17.3 Å². The maximum absolute atomic E-state index is 12.7. The number of benzene rings is 2. The Bertz CT molecular complexity index is 975. The Morgan fingerprint density at radius 3 is 2.48 bits per heavy atom. The van der Waals surface area contributed by atoms with Gasteiger partial charge in [0.2, 0.25) is 11.1 Å². The number of anilines is 1. The minimum absolute atomic E-state index is 0.0627. The van der Waals surface area contributed by atoms with Crippen LogP contribution in [0.15, 0.2) is 53.8 Å². The zero-order chi connectivity index (χ0) is 20.8. The molecular formula is C22H24N4O2S. The normalized spacial score (nSPS) is 11.7. The highest BCUT2D eigenvalue weighted by Crippen LogP contribution is 2.25. The van der Waals surface area contributed by atoms with Gasteiger partial charge >= 0.3 is 0 Å². The first-order valence-corrected chi connectivity index (χ1v) is 10.3. The third kappa shape index (κ3) is 5.32. The van der Waals surface area contributed by atoms with Crippen molar-refractivity contribution in [2.75, 3.05) is 12.4 Å². The summed E-state index contributed by atoms with van der Waals surface area (Å²) in [6.07, 6.45) is 2.33. The summed E-state index contributed by atoms with van der Waals surface area (Å²) >= 11 is 1.32. The summed E-state index contributed by atoms with van der Waals surface area (Å²) < 4.78 is 5.17. The number of carbonyl (C=O) groups excluding carboxylic acids is 1. The Morgan fingerprint density at radius 1 is 1.14 bits per heavy atom. The van der Waals surface area contributed by atoms with Crippen LogP contribution >= 0.6 is 11.8 Å². The highest BCUT2D eigenvalue weighted by molar-refractivity contribution is 8.00. The Kier molecular flexibility index (Phi) is 6.82. The summed E-state index contributed by atoms with van der Waals surface area (Å²) in [7, 11) is 1.63. The van der Waals surface area contributed by atoms with E-state index in [2.05, 4.69) is 26.6 Å². The fourth-order valence-electron chi connectivity index (χ4n) is 2.83. The van der Waals surface area contributed by atoms with Gasteiger partial charge in [0.15, 0.2) is 0 Å². The SMILES string of the molecule is CCC(Sc1ncc(-c2ccc(OC)cc2)nn1)C(=O)Nc1ccc(C)cc1C. The number of ether oxygens (including phenoxy) is 1. The number of aryl methyl sites for hydroxylation is 2. The predicted octanol–water partition coefficient (Wildman–Crippen LogP) is 4.67. The topological polar surface area (TPSA) is 77.0 Å². The maximum atomic E-state index is 12.7. The van der Waals surface area contributed by atoms with Crippen LogP contribution in [-0.2, 0) is 4.79 Å². The smallest absolute Gasteiger partial charge is 0.237 e. The lowest BCUT2D eigenvalue weighted by atomic mass is 10.1. The first-order valence-electron chi connectivity index (χ1n) is 9.39. The number of nitrogens with zero attached hydrogens (tertiary/aromatic N) is 3. The van der Waals surface area contributed by atoms with Crippen LogP contribution in [0.5, 0.6) is 5.75 Å². The van der Waals surface area contributed by atoms with Crippen molar-refractivity contribution in [1.82, 2.24) is 15.2 Å². The van der Waals surface area contributed by atoms with Gasteiger partial charge in [0.25, 0.3) is 0 Å². The van der Waals surface area contributed by atoms with Crippen molar-refractivity contribution in [1.29, 1.82) is 0 Å². The fourth-order valence-corrected chi connectivity index (χ4v) is 3.62. The minimum atomic E-state index is -0.302. The molecule has 0 radical (unpaired) electrons. The number of hydrogen-bond donors (Lipinski definition) is 1. The van der Waals surface area contributed by atoms with Crippen LogP contribution in [0, 0.1) is 13.8 Å². The molecule has 0 bridgehead atoms. The Labute approximate surface area is 175 Å². The maximum Gasteiger partial charge on any atom is 0.237 e. The number of rotatable bonds is 7. The number of nitrogens with one attached hydrogen (secondary N) is 1. The van der Waals surface area contributed by atoms with Crippen molar-refractivity contribution >= 4 is 23.4 Å². The number of carbonyl (C=O) groups is 1. The molecule has 0 saturated heterocycles. The van der Waals surface area contributed by atoms with Crippen LogP contribution < -0.4 is 10.1 Å². The Morgan fingerprint density at radius 2 is 1.90 bits per heavy atom. The largest absolute Gasteiger partial charge is 0.497 e. The Hall–Kier alpha value is -2.93. The highest BCUT2D eigenvalue weighted by atomic mass is 32.2. The molecule has 0 spiro atoms. The average Bonchev–Trinajstić information content (AvgIpc) is 2.74. The zero-order valence-electron chi connectivity index (χ0n) is 17.0. The molecule has 7 heteroatoms. The van der Waals surface area contributed by atoms with Crippen LogP contribution in [0.25, 0.3) is 11.3 Å². The van der Waals surface area contributed by atoms with E-state index in [-0.39, 0.29) is 11.2 Å². The average molecular weight is 409 g/mol. The molecule has 1 atom stereocenters. The van der Waals surface area contributed by atoms with E-state index >= 15 is 0 Å². The van der Waals surface area contributed by atoms with E-state index in [9.17, 15) is 4.79 Å². The van der Waals surface area contributed by atoms with Gasteiger partial charge in [-0.05, 0) is 56.2 Å². The molecule has 1 amide bonds. The highest BCUT2D eigenvalue weighted by Gasteiger charge is 2.20. The molecule has 1 heterocycles. The van der Waals surface area contributed by atoms with Crippen molar-refractivity contribution in [3.63, 3.8) is 0 Å². The summed E-state index contributed by atoms with van der Waals surface area (Å²) in [6.45, 7) is 5.99. The second-order valence-corrected chi connectivity index (χ2v) is 7.85. The molecule has 1 unspecified atom stereocenters. The lowest BCUT2D eigenvalue weighted by molar-refractivity contribution is -0.115. The lowest BCUT2D eigenvalue weighted by Gasteiger charge is -2.15. The molecule has 29 heavy (non-hydrogen) atoms. The molecule has 1 aromatic heterocycles. The van der Waals surface area contributed by atoms with Crippen LogP contribution in [0.3, 0.4) is 0 Å². The fraction of sp³-hybridized carbons (Fsp3) is 0.273. The van der Waals surface area contributed by atoms with Crippen LogP contribution in [0.2, 0.25) is 0 Å². The van der Waals surface area contributed by atoms with Gasteiger partial charge in [0, 0.05) is 11.3 Å². The number of hydrogen-bond acceptors (Lipinski definition) is 6. The molecule has 2 aromatic carbocycles.